The summed E-state index contributed by atoms with van der Waals surface area (Å²) in [5, 5.41) is 0. The number of nitrogens with zero attached hydrogens (tertiary/aromatic N) is 2. The van der Waals surface area contributed by atoms with Crippen LogP contribution in [0.25, 0.3) is 0 Å². The molecule has 106 valence electrons. The molecule has 0 aliphatic carbocycles. The second-order valence-corrected chi connectivity index (χ2v) is 7.31. The average molecular weight is 348 g/mol. The minimum absolute atomic E-state index is 0.262. The van der Waals surface area contributed by atoms with E-state index >= 15 is 0 Å². The van der Waals surface area contributed by atoms with E-state index in [4.69, 9.17) is 5.73 Å². The largest absolute Gasteiger partial charge is 0.398 e. The van der Waals surface area contributed by atoms with Crippen molar-refractivity contribution in [2.75, 3.05) is 38.5 Å². The lowest BCUT2D eigenvalue weighted by Crippen LogP contribution is -2.48. The highest BCUT2D eigenvalue weighted by molar-refractivity contribution is 9.10. The topological polar surface area (TPSA) is 66.6 Å². The van der Waals surface area contributed by atoms with Crippen molar-refractivity contribution in [1.82, 2.24) is 9.21 Å². The van der Waals surface area contributed by atoms with Gasteiger partial charge in [-0.1, -0.05) is 6.92 Å². The Morgan fingerprint density at radius 1 is 1.26 bits per heavy atom. The minimum Gasteiger partial charge on any atom is -0.398 e. The maximum atomic E-state index is 12.5. The van der Waals surface area contributed by atoms with E-state index < -0.39 is 10.0 Å². The van der Waals surface area contributed by atoms with E-state index in [1.807, 2.05) is 0 Å². The lowest BCUT2D eigenvalue weighted by molar-refractivity contribution is 0.196. The van der Waals surface area contributed by atoms with Gasteiger partial charge in [-0.05, 0) is 40.7 Å². The van der Waals surface area contributed by atoms with Crippen LogP contribution in [0.3, 0.4) is 0 Å². The minimum atomic E-state index is -3.43. The lowest BCUT2D eigenvalue weighted by atomic mass is 10.3. The first kappa shape index (κ1) is 14.8. The Hall–Kier alpha value is -0.630. The summed E-state index contributed by atoms with van der Waals surface area (Å²) < 4.78 is 27.2. The summed E-state index contributed by atoms with van der Waals surface area (Å²) in [6.45, 7) is 5.67. The van der Waals surface area contributed by atoms with E-state index in [0.717, 1.165) is 19.6 Å². The second kappa shape index (κ2) is 5.78. The van der Waals surface area contributed by atoms with E-state index in [1.165, 1.54) is 10.4 Å². The summed E-state index contributed by atoms with van der Waals surface area (Å²) in [6, 6.07) is 4.76. The van der Waals surface area contributed by atoms with Gasteiger partial charge >= 0.3 is 0 Å². The first-order valence-electron chi connectivity index (χ1n) is 6.22. The van der Waals surface area contributed by atoms with Gasteiger partial charge < -0.3 is 10.6 Å². The number of rotatable bonds is 3. The fraction of sp³-hybridized carbons (Fsp3) is 0.500. The highest BCUT2D eigenvalue weighted by Gasteiger charge is 2.28. The van der Waals surface area contributed by atoms with Crippen LogP contribution in [0, 0.1) is 0 Å². The number of halogens is 1. The molecule has 0 bridgehead atoms. The fourth-order valence-electron chi connectivity index (χ4n) is 2.12. The zero-order chi connectivity index (χ0) is 14.0. The molecule has 0 amide bonds. The number of benzene rings is 1. The zero-order valence-corrected chi connectivity index (χ0v) is 13.2. The normalized spacial score (nSPS) is 18.6. The lowest BCUT2D eigenvalue weighted by Gasteiger charge is -2.33. The quantitative estimate of drug-likeness (QED) is 0.838. The van der Waals surface area contributed by atoms with Gasteiger partial charge in [0.25, 0.3) is 0 Å². The van der Waals surface area contributed by atoms with Crippen LogP contribution in [0.4, 0.5) is 5.69 Å². The van der Waals surface area contributed by atoms with Gasteiger partial charge in [0.15, 0.2) is 0 Å². The van der Waals surface area contributed by atoms with Crippen molar-refractivity contribution in [1.29, 1.82) is 0 Å². The van der Waals surface area contributed by atoms with Crippen molar-refractivity contribution in [3.63, 3.8) is 0 Å². The van der Waals surface area contributed by atoms with Crippen molar-refractivity contribution in [3.05, 3.63) is 22.7 Å². The van der Waals surface area contributed by atoms with Crippen molar-refractivity contribution in [2.24, 2.45) is 0 Å². The smallest absolute Gasteiger partial charge is 0.243 e. The molecule has 1 aliphatic rings. The molecular weight excluding hydrogens is 330 g/mol. The molecule has 1 saturated heterocycles. The third kappa shape index (κ3) is 3.10. The fourth-order valence-corrected chi connectivity index (χ4v) is 3.82. The zero-order valence-electron chi connectivity index (χ0n) is 10.8. The molecule has 1 aliphatic heterocycles. The van der Waals surface area contributed by atoms with Gasteiger partial charge in [0.2, 0.25) is 10.0 Å². The van der Waals surface area contributed by atoms with E-state index in [1.54, 1.807) is 12.1 Å². The van der Waals surface area contributed by atoms with Crippen molar-refractivity contribution in [3.8, 4) is 0 Å². The van der Waals surface area contributed by atoms with Crippen LogP contribution in [-0.2, 0) is 10.0 Å². The first-order chi connectivity index (χ1) is 8.95. The molecule has 19 heavy (non-hydrogen) atoms. The summed E-state index contributed by atoms with van der Waals surface area (Å²) in [7, 11) is -3.43. The molecule has 0 unspecified atom stereocenters. The Morgan fingerprint density at radius 3 is 2.42 bits per heavy atom. The number of hydrogen-bond donors (Lipinski definition) is 1. The van der Waals surface area contributed by atoms with Crippen LogP contribution in [0.15, 0.2) is 27.6 Å². The van der Waals surface area contributed by atoms with Gasteiger partial charge in [-0.15, -0.1) is 0 Å². The van der Waals surface area contributed by atoms with Crippen molar-refractivity contribution >= 4 is 31.6 Å². The Labute approximate surface area is 122 Å². The molecule has 0 saturated carbocycles. The van der Waals surface area contributed by atoms with Gasteiger partial charge in [0, 0.05) is 36.3 Å². The number of nitrogen functional groups attached to an aromatic ring is 1. The van der Waals surface area contributed by atoms with Crippen LogP contribution >= 0.6 is 15.9 Å². The van der Waals surface area contributed by atoms with Crippen LogP contribution < -0.4 is 5.73 Å². The molecular formula is C12H18BrN3O2S. The Kier molecular flexibility index (Phi) is 4.50. The van der Waals surface area contributed by atoms with Gasteiger partial charge in [0.05, 0.1) is 4.90 Å². The average Bonchev–Trinajstić information content (AvgIpc) is 2.41. The molecule has 0 aromatic heterocycles. The molecule has 0 spiro atoms. The van der Waals surface area contributed by atoms with Crippen LogP contribution in [-0.4, -0.2) is 50.3 Å². The molecule has 1 aromatic rings. The predicted octanol–water partition coefficient (Wildman–Crippen LogP) is 1.36. The number of piperazine rings is 1. The number of nitrogens with two attached hydrogens (primary N) is 1. The van der Waals surface area contributed by atoms with E-state index in [2.05, 4.69) is 27.8 Å². The van der Waals surface area contributed by atoms with Crippen molar-refractivity contribution in [2.45, 2.75) is 11.8 Å². The molecule has 1 fully saturated rings. The molecule has 2 N–H and O–H groups in total. The Morgan fingerprint density at radius 2 is 1.89 bits per heavy atom. The third-order valence-electron chi connectivity index (χ3n) is 3.38. The van der Waals surface area contributed by atoms with Gasteiger partial charge in [-0.3, -0.25) is 0 Å². The number of anilines is 1. The standard InChI is InChI=1S/C12H18BrN3O2S/c1-2-15-5-7-16(8-6-15)19(17,18)10-3-4-11(13)12(14)9-10/h3-4,9H,2,5-8,14H2,1H3. The first-order valence-corrected chi connectivity index (χ1v) is 8.46. The number of sulfonamides is 1. The molecule has 0 radical (unpaired) electrons. The second-order valence-electron chi connectivity index (χ2n) is 4.52. The van der Waals surface area contributed by atoms with Gasteiger partial charge in [-0.2, -0.15) is 4.31 Å². The SMILES string of the molecule is CCN1CCN(S(=O)(=O)c2ccc(Br)c(N)c2)CC1. The predicted molar refractivity (Wildman–Crippen MR) is 79.4 cm³/mol. The monoisotopic (exact) mass is 347 g/mol. The maximum absolute atomic E-state index is 12.5. The molecule has 0 atom stereocenters. The third-order valence-corrected chi connectivity index (χ3v) is 6.00. The summed E-state index contributed by atoms with van der Waals surface area (Å²) in [5.74, 6) is 0. The Bertz CT molecular complexity index is 554. The highest BCUT2D eigenvalue weighted by Crippen LogP contribution is 2.25. The van der Waals surface area contributed by atoms with Crippen LogP contribution in [0.2, 0.25) is 0 Å². The van der Waals surface area contributed by atoms with Gasteiger partial charge in [0.1, 0.15) is 0 Å². The van der Waals surface area contributed by atoms with Crippen LogP contribution in [0.1, 0.15) is 6.92 Å². The number of likely N-dealkylation sites (N-methyl/N-ethyl adjacent to an activating group) is 1. The highest BCUT2D eigenvalue weighted by atomic mass is 79.9. The maximum Gasteiger partial charge on any atom is 0.243 e. The van der Waals surface area contributed by atoms with E-state index in [9.17, 15) is 8.42 Å². The number of hydrogen-bond acceptors (Lipinski definition) is 4. The molecule has 2 rings (SSSR count). The summed E-state index contributed by atoms with van der Waals surface area (Å²) in [4.78, 5) is 2.50. The summed E-state index contributed by atoms with van der Waals surface area (Å²) >= 11 is 3.27. The van der Waals surface area contributed by atoms with Crippen LogP contribution in [0.5, 0.6) is 0 Å². The van der Waals surface area contributed by atoms with Gasteiger partial charge in [-0.25, -0.2) is 8.42 Å². The molecule has 1 heterocycles. The summed E-state index contributed by atoms with van der Waals surface area (Å²) in [5.41, 5.74) is 6.19. The Balaban J connectivity index is 2.21. The molecule has 5 nitrogen and oxygen atoms in total. The van der Waals surface area contributed by atoms with E-state index in [0.29, 0.717) is 23.2 Å². The van der Waals surface area contributed by atoms with Crippen molar-refractivity contribution < 1.29 is 8.42 Å². The summed E-state index contributed by atoms with van der Waals surface area (Å²) in [6.07, 6.45) is 0. The molecule has 7 heteroatoms. The molecule has 1 aromatic carbocycles. The van der Waals surface area contributed by atoms with E-state index in [-0.39, 0.29) is 4.90 Å².